The molecule has 13 rings (SSSR count). The second-order valence-corrected chi connectivity index (χ2v) is 16.9. The molecule has 5 nitrogen and oxygen atoms in total. The molecule has 0 N–H and O–H groups in total. The average molecular weight is 798 g/mol. The summed E-state index contributed by atoms with van der Waals surface area (Å²) in [6.07, 6.45) is 6.22. The number of hydrogen-bond donors (Lipinski definition) is 0. The van der Waals surface area contributed by atoms with Crippen molar-refractivity contribution in [2.75, 3.05) is 0 Å². The minimum atomic E-state index is 0.0605. The van der Waals surface area contributed by atoms with Crippen molar-refractivity contribution in [1.29, 1.82) is 0 Å². The Bertz CT molecular complexity index is 3460. The Kier molecular flexibility index (Phi) is 7.77. The molecule has 3 heterocycles. The van der Waals surface area contributed by atoms with Crippen LogP contribution in [0.1, 0.15) is 43.2 Å². The van der Waals surface area contributed by atoms with Crippen LogP contribution in [0.3, 0.4) is 0 Å². The van der Waals surface area contributed by atoms with Crippen molar-refractivity contribution in [3.05, 3.63) is 187 Å². The van der Waals surface area contributed by atoms with Gasteiger partial charge in [0.15, 0.2) is 17.5 Å². The van der Waals surface area contributed by atoms with E-state index >= 15 is 0 Å². The highest BCUT2D eigenvalue weighted by molar-refractivity contribution is 6.13. The van der Waals surface area contributed by atoms with Gasteiger partial charge in [0.25, 0.3) is 0 Å². The fourth-order valence-electron chi connectivity index (χ4n) is 10.8. The summed E-state index contributed by atoms with van der Waals surface area (Å²) in [6, 6.07) is 62.3. The Morgan fingerprint density at radius 3 is 1.50 bits per heavy atom. The molecule has 1 spiro atoms. The molecule has 3 aromatic heterocycles. The summed E-state index contributed by atoms with van der Waals surface area (Å²) >= 11 is 0. The second kappa shape index (κ2) is 13.7. The molecule has 0 unspecified atom stereocenters. The molecule has 294 valence electrons. The zero-order valence-electron chi connectivity index (χ0n) is 33.9. The Balaban J connectivity index is 0.975. The van der Waals surface area contributed by atoms with Gasteiger partial charge in [0.1, 0.15) is 22.3 Å². The van der Waals surface area contributed by atoms with Crippen molar-refractivity contribution in [2.45, 2.75) is 37.5 Å². The van der Waals surface area contributed by atoms with E-state index in [1.54, 1.807) is 0 Å². The lowest BCUT2D eigenvalue weighted by Crippen LogP contribution is -2.28. The number of furan rings is 2. The van der Waals surface area contributed by atoms with Gasteiger partial charge in [-0.2, -0.15) is 0 Å². The third-order valence-corrected chi connectivity index (χ3v) is 13.5. The molecule has 0 atom stereocenters. The first-order valence-electron chi connectivity index (χ1n) is 21.7. The topological polar surface area (TPSA) is 65.0 Å². The van der Waals surface area contributed by atoms with E-state index in [1.807, 2.05) is 60.7 Å². The summed E-state index contributed by atoms with van der Waals surface area (Å²) < 4.78 is 12.7. The van der Waals surface area contributed by atoms with E-state index in [0.717, 1.165) is 71.7 Å². The Hall–Kier alpha value is -7.63. The van der Waals surface area contributed by atoms with Crippen molar-refractivity contribution < 1.29 is 8.83 Å². The van der Waals surface area contributed by atoms with Crippen molar-refractivity contribution in [2.24, 2.45) is 0 Å². The molecule has 0 saturated heterocycles. The predicted molar refractivity (Wildman–Crippen MR) is 251 cm³/mol. The van der Waals surface area contributed by atoms with Crippen molar-refractivity contribution in [3.63, 3.8) is 0 Å². The first-order valence-corrected chi connectivity index (χ1v) is 21.7. The van der Waals surface area contributed by atoms with Gasteiger partial charge in [-0.1, -0.05) is 159 Å². The van der Waals surface area contributed by atoms with Crippen LogP contribution >= 0.6 is 0 Å². The molecular weight excluding hydrogens is 759 g/mol. The van der Waals surface area contributed by atoms with Crippen LogP contribution < -0.4 is 0 Å². The van der Waals surface area contributed by atoms with Crippen LogP contribution in [0.4, 0.5) is 0 Å². The van der Waals surface area contributed by atoms with Gasteiger partial charge < -0.3 is 8.83 Å². The number of para-hydroxylation sites is 2. The molecule has 1 saturated carbocycles. The normalized spacial score (nSPS) is 14.3. The number of rotatable bonds is 5. The minimum Gasteiger partial charge on any atom is -0.456 e. The van der Waals surface area contributed by atoms with Crippen LogP contribution in [0.2, 0.25) is 0 Å². The smallest absolute Gasteiger partial charge is 0.164 e. The lowest BCUT2D eigenvalue weighted by atomic mass is 9.66. The highest BCUT2D eigenvalue weighted by Gasteiger charge is 2.45. The van der Waals surface area contributed by atoms with Crippen LogP contribution in [0.15, 0.2) is 185 Å². The zero-order chi connectivity index (χ0) is 40.8. The van der Waals surface area contributed by atoms with Crippen LogP contribution in [-0.2, 0) is 5.41 Å². The van der Waals surface area contributed by atoms with E-state index in [4.69, 9.17) is 23.8 Å². The molecule has 0 amide bonds. The minimum absolute atomic E-state index is 0.0605. The fourth-order valence-corrected chi connectivity index (χ4v) is 10.8. The van der Waals surface area contributed by atoms with Crippen LogP contribution in [0.25, 0.3) is 111 Å². The van der Waals surface area contributed by atoms with Crippen molar-refractivity contribution in [1.82, 2.24) is 15.0 Å². The summed E-state index contributed by atoms with van der Waals surface area (Å²) in [6.45, 7) is 0. The largest absolute Gasteiger partial charge is 0.456 e. The Morgan fingerprint density at radius 1 is 0.355 bits per heavy atom. The fraction of sp³-hybridized carbons (Fsp3) is 0.105. The van der Waals surface area contributed by atoms with Gasteiger partial charge in [0.05, 0.1) is 0 Å². The first-order chi connectivity index (χ1) is 30.7. The van der Waals surface area contributed by atoms with Crippen LogP contribution in [0.5, 0.6) is 0 Å². The summed E-state index contributed by atoms with van der Waals surface area (Å²) in [5.41, 5.74) is 16.6. The standard InChI is InChI=1S/C57H39N3O2/c1-8-31-57(32-9-1)46-26-5-2-19-40(46)41-23-12-22-39(53(41)57)37-17-10-15-35(33-37)36-16-11-18-38(34-36)54-58-55(44-24-13-29-49-51(44)42-20-3-6-27-47(42)61-49)60-56(59-54)45-25-14-30-50-52(45)43-21-4-7-28-48(43)62-50/h2-7,10-30,33-34H,1,8-9,31-32H2. The maximum Gasteiger partial charge on any atom is 0.164 e. The van der Waals surface area contributed by atoms with Crippen LogP contribution in [0, 0.1) is 0 Å². The molecule has 2 aliphatic rings. The van der Waals surface area contributed by atoms with E-state index in [-0.39, 0.29) is 5.41 Å². The molecule has 62 heavy (non-hydrogen) atoms. The molecule has 0 aliphatic heterocycles. The number of benzene rings is 8. The molecule has 2 aliphatic carbocycles. The predicted octanol–water partition coefficient (Wildman–Crippen LogP) is 15.2. The van der Waals surface area contributed by atoms with Crippen molar-refractivity contribution >= 4 is 43.9 Å². The Morgan fingerprint density at radius 2 is 0.823 bits per heavy atom. The number of fused-ring (bicyclic) bond motifs is 11. The van der Waals surface area contributed by atoms with Gasteiger partial charge in [0.2, 0.25) is 0 Å². The second-order valence-electron chi connectivity index (χ2n) is 16.9. The monoisotopic (exact) mass is 797 g/mol. The summed E-state index contributed by atoms with van der Waals surface area (Å²) in [7, 11) is 0. The molecule has 1 fully saturated rings. The van der Waals surface area contributed by atoms with E-state index in [2.05, 4.69) is 115 Å². The molecule has 11 aromatic rings. The summed E-state index contributed by atoms with van der Waals surface area (Å²) in [5.74, 6) is 1.75. The molecule has 0 radical (unpaired) electrons. The van der Waals surface area contributed by atoms with Gasteiger partial charge in [-0.15, -0.1) is 0 Å². The van der Waals surface area contributed by atoms with Crippen molar-refractivity contribution in [3.8, 4) is 67.5 Å². The van der Waals surface area contributed by atoms with E-state index < -0.39 is 0 Å². The average Bonchev–Trinajstić information content (AvgIpc) is 4.00. The lowest BCUT2D eigenvalue weighted by Gasteiger charge is -2.37. The maximum absolute atomic E-state index is 6.34. The van der Waals surface area contributed by atoms with Gasteiger partial charge in [-0.05, 0) is 93.7 Å². The van der Waals surface area contributed by atoms with Gasteiger partial charge in [0, 0.05) is 43.7 Å². The lowest BCUT2D eigenvalue weighted by molar-refractivity contribution is 0.353. The summed E-state index contributed by atoms with van der Waals surface area (Å²) in [4.78, 5) is 15.8. The van der Waals surface area contributed by atoms with E-state index in [0.29, 0.717) is 17.5 Å². The Labute approximate surface area is 358 Å². The third-order valence-electron chi connectivity index (χ3n) is 13.5. The molecule has 8 aromatic carbocycles. The SMILES string of the molecule is c1cc(-c2cccc(-c3cccc4c3C3(CCCCC3)c3ccccc3-4)c2)cc(-c2nc(-c3cccc4oc5ccccc5c34)nc(-c3cccc4oc5ccccc5c34)n2)c1. The first kappa shape index (κ1) is 35.2. The van der Waals surface area contributed by atoms with Crippen LogP contribution in [-0.4, -0.2) is 15.0 Å². The third kappa shape index (κ3) is 5.31. The summed E-state index contributed by atoms with van der Waals surface area (Å²) in [5, 5.41) is 4.01. The molecular formula is C57H39N3O2. The molecule has 0 bridgehead atoms. The zero-order valence-corrected chi connectivity index (χ0v) is 33.9. The van der Waals surface area contributed by atoms with Gasteiger partial charge in [-0.3, -0.25) is 0 Å². The quantitative estimate of drug-likeness (QED) is 0.174. The maximum atomic E-state index is 6.34. The van der Waals surface area contributed by atoms with Gasteiger partial charge >= 0.3 is 0 Å². The van der Waals surface area contributed by atoms with E-state index in [9.17, 15) is 0 Å². The number of hydrogen-bond acceptors (Lipinski definition) is 5. The highest BCUT2D eigenvalue weighted by atomic mass is 16.3. The number of aromatic nitrogens is 3. The van der Waals surface area contributed by atoms with E-state index in [1.165, 1.54) is 65.5 Å². The molecule has 5 heteroatoms. The number of nitrogens with zero attached hydrogens (tertiary/aromatic N) is 3. The van der Waals surface area contributed by atoms with Gasteiger partial charge in [-0.25, -0.2) is 15.0 Å². The highest BCUT2D eigenvalue weighted by Crippen LogP contribution is 2.58.